The van der Waals surface area contributed by atoms with Crippen LogP contribution >= 0.6 is 12.4 Å². The summed E-state index contributed by atoms with van der Waals surface area (Å²) in [7, 11) is -3.64. The summed E-state index contributed by atoms with van der Waals surface area (Å²) in [6, 6.07) is 9.88. The lowest BCUT2D eigenvalue weighted by atomic mass is 10.1. The molecule has 27 heavy (non-hydrogen) atoms. The van der Waals surface area contributed by atoms with Gasteiger partial charge in [0, 0.05) is 26.2 Å². The molecule has 0 aliphatic carbocycles. The molecule has 0 amide bonds. The normalized spacial score (nSPS) is 11.8. The lowest BCUT2D eigenvalue weighted by Gasteiger charge is -2.22. The maximum Gasteiger partial charge on any atom is 0.246 e. The molecule has 6 nitrogen and oxygen atoms in total. The first kappa shape index (κ1) is 23.6. The summed E-state index contributed by atoms with van der Waals surface area (Å²) >= 11 is 0. The third kappa shape index (κ3) is 5.78. The SMILES string of the molecule is Cc1nn(CC(C)C)c(C)c1S(=O)(=O)N(CCN)CCc1ccccc1.Cl. The fourth-order valence-corrected chi connectivity index (χ4v) is 4.93. The molecule has 0 radical (unpaired) electrons. The molecule has 2 N–H and O–H groups in total. The van der Waals surface area contributed by atoms with Crippen molar-refractivity contribution in [2.75, 3.05) is 19.6 Å². The van der Waals surface area contributed by atoms with Gasteiger partial charge >= 0.3 is 0 Å². The van der Waals surface area contributed by atoms with Crippen LogP contribution < -0.4 is 5.73 Å². The first-order chi connectivity index (χ1) is 12.3. The summed E-state index contributed by atoms with van der Waals surface area (Å²) in [5, 5.41) is 4.46. The molecular weight excluding hydrogens is 384 g/mol. The zero-order valence-electron chi connectivity index (χ0n) is 16.6. The van der Waals surface area contributed by atoms with E-state index in [1.165, 1.54) is 4.31 Å². The van der Waals surface area contributed by atoms with Crippen molar-refractivity contribution in [3.63, 3.8) is 0 Å². The maximum absolute atomic E-state index is 13.3. The van der Waals surface area contributed by atoms with Crippen molar-refractivity contribution in [2.24, 2.45) is 11.7 Å². The molecular formula is C19H31ClN4O2S. The standard InChI is InChI=1S/C19H30N4O2S.ClH/c1-15(2)14-23-17(4)19(16(3)21-23)26(24,25)22(13-11-20)12-10-18-8-6-5-7-9-18;/h5-9,15H,10-14,20H2,1-4H3;1H. The molecule has 0 bridgehead atoms. The van der Waals surface area contributed by atoms with Gasteiger partial charge in [0.2, 0.25) is 10.0 Å². The summed E-state index contributed by atoms with van der Waals surface area (Å²) in [4.78, 5) is 0.319. The van der Waals surface area contributed by atoms with Crippen molar-refractivity contribution < 1.29 is 8.42 Å². The van der Waals surface area contributed by atoms with Crippen LogP contribution in [0.25, 0.3) is 0 Å². The van der Waals surface area contributed by atoms with Gasteiger partial charge in [-0.25, -0.2) is 8.42 Å². The van der Waals surface area contributed by atoms with E-state index in [-0.39, 0.29) is 19.0 Å². The smallest absolute Gasteiger partial charge is 0.246 e. The highest BCUT2D eigenvalue weighted by Gasteiger charge is 2.30. The molecule has 2 rings (SSSR count). The molecule has 0 saturated carbocycles. The largest absolute Gasteiger partial charge is 0.329 e. The Bertz CT molecular complexity index is 820. The number of nitrogens with two attached hydrogens (primary N) is 1. The Morgan fingerprint density at radius 3 is 2.33 bits per heavy atom. The molecule has 1 aromatic carbocycles. The van der Waals surface area contributed by atoms with Crippen LogP contribution in [0.4, 0.5) is 0 Å². The summed E-state index contributed by atoms with van der Waals surface area (Å²) in [5.74, 6) is 0.391. The van der Waals surface area contributed by atoms with Crippen LogP contribution in [0.5, 0.6) is 0 Å². The number of benzene rings is 1. The van der Waals surface area contributed by atoms with Gasteiger partial charge in [0.1, 0.15) is 4.90 Å². The number of halogens is 1. The van der Waals surface area contributed by atoms with Gasteiger partial charge in [0.15, 0.2) is 0 Å². The van der Waals surface area contributed by atoms with E-state index in [0.717, 1.165) is 5.56 Å². The van der Waals surface area contributed by atoms with Crippen LogP contribution in [-0.4, -0.2) is 42.1 Å². The lowest BCUT2D eigenvalue weighted by Crippen LogP contribution is -2.37. The van der Waals surface area contributed by atoms with Crippen LogP contribution in [0, 0.1) is 19.8 Å². The summed E-state index contributed by atoms with van der Waals surface area (Å²) in [5.41, 5.74) is 8.04. The predicted octanol–water partition coefficient (Wildman–Crippen LogP) is 2.77. The minimum Gasteiger partial charge on any atom is -0.329 e. The van der Waals surface area contributed by atoms with Gasteiger partial charge in [0.25, 0.3) is 0 Å². The highest BCUT2D eigenvalue weighted by Crippen LogP contribution is 2.24. The highest BCUT2D eigenvalue weighted by atomic mass is 35.5. The van der Waals surface area contributed by atoms with Crippen LogP contribution in [0.15, 0.2) is 35.2 Å². The quantitative estimate of drug-likeness (QED) is 0.684. The number of aryl methyl sites for hydroxylation is 1. The van der Waals surface area contributed by atoms with Gasteiger partial charge in [-0.05, 0) is 31.7 Å². The second-order valence-corrected chi connectivity index (χ2v) is 8.88. The first-order valence-electron chi connectivity index (χ1n) is 9.05. The molecule has 0 unspecified atom stereocenters. The van der Waals surface area contributed by atoms with E-state index in [4.69, 9.17) is 5.73 Å². The zero-order valence-corrected chi connectivity index (χ0v) is 18.2. The van der Waals surface area contributed by atoms with Crippen molar-refractivity contribution in [3.05, 3.63) is 47.3 Å². The van der Waals surface area contributed by atoms with Gasteiger partial charge in [-0.15, -0.1) is 12.4 Å². The number of hydrogen-bond acceptors (Lipinski definition) is 4. The van der Waals surface area contributed by atoms with Gasteiger partial charge in [-0.1, -0.05) is 44.2 Å². The third-order valence-electron chi connectivity index (χ3n) is 4.32. The molecule has 0 fully saturated rings. The summed E-state index contributed by atoms with van der Waals surface area (Å²) in [6.07, 6.45) is 0.651. The van der Waals surface area contributed by atoms with Gasteiger partial charge in [0.05, 0.1) is 11.4 Å². The molecule has 2 aromatic rings. The second kappa shape index (κ2) is 10.2. The minimum absolute atomic E-state index is 0. The molecule has 0 aliphatic rings. The third-order valence-corrected chi connectivity index (χ3v) is 6.47. The average molecular weight is 415 g/mol. The Morgan fingerprint density at radius 2 is 1.78 bits per heavy atom. The van der Waals surface area contributed by atoms with E-state index in [0.29, 0.717) is 48.3 Å². The Balaban J connectivity index is 0.00000364. The van der Waals surface area contributed by atoms with E-state index in [1.54, 1.807) is 11.6 Å². The topological polar surface area (TPSA) is 81.2 Å². The van der Waals surface area contributed by atoms with Crippen molar-refractivity contribution >= 4 is 22.4 Å². The van der Waals surface area contributed by atoms with E-state index < -0.39 is 10.0 Å². The summed E-state index contributed by atoms with van der Waals surface area (Å²) < 4.78 is 29.9. The van der Waals surface area contributed by atoms with E-state index in [9.17, 15) is 8.42 Å². The fourth-order valence-electron chi connectivity index (χ4n) is 3.10. The monoisotopic (exact) mass is 414 g/mol. The highest BCUT2D eigenvalue weighted by molar-refractivity contribution is 7.89. The molecule has 0 atom stereocenters. The van der Waals surface area contributed by atoms with E-state index in [1.807, 2.05) is 37.3 Å². The number of aromatic nitrogens is 2. The van der Waals surface area contributed by atoms with E-state index >= 15 is 0 Å². The number of hydrogen-bond donors (Lipinski definition) is 1. The lowest BCUT2D eigenvalue weighted by molar-refractivity contribution is 0.420. The van der Waals surface area contributed by atoms with Gasteiger partial charge < -0.3 is 5.73 Å². The van der Waals surface area contributed by atoms with E-state index in [2.05, 4.69) is 18.9 Å². The number of rotatable bonds is 9. The van der Waals surface area contributed by atoms with Gasteiger partial charge in [-0.2, -0.15) is 9.40 Å². The van der Waals surface area contributed by atoms with Crippen LogP contribution in [-0.2, 0) is 23.0 Å². The number of sulfonamides is 1. The first-order valence-corrected chi connectivity index (χ1v) is 10.5. The molecule has 0 saturated heterocycles. The van der Waals surface area contributed by atoms with Crippen LogP contribution in [0.1, 0.15) is 30.8 Å². The maximum atomic E-state index is 13.3. The zero-order chi connectivity index (χ0) is 19.3. The minimum atomic E-state index is -3.64. The Kier molecular flexibility index (Phi) is 8.94. The van der Waals surface area contributed by atoms with Gasteiger partial charge in [-0.3, -0.25) is 4.68 Å². The van der Waals surface area contributed by atoms with Crippen molar-refractivity contribution in [3.8, 4) is 0 Å². The van der Waals surface area contributed by atoms with Crippen molar-refractivity contribution in [1.82, 2.24) is 14.1 Å². The summed E-state index contributed by atoms with van der Waals surface area (Å²) in [6.45, 7) is 9.44. The molecule has 8 heteroatoms. The van der Waals surface area contributed by atoms with Crippen LogP contribution in [0.2, 0.25) is 0 Å². The molecule has 0 aliphatic heterocycles. The average Bonchev–Trinajstić information content (AvgIpc) is 2.85. The fraction of sp³-hybridized carbons (Fsp3) is 0.526. The Hall–Kier alpha value is -1.41. The van der Waals surface area contributed by atoms with Crippen LogP contribution in [0.3, 0.4) is 0 Å². The van der Waals surface area contributed by atoms with Crippen molar-refractivity contribution in [1.29, 1.82) is 0 Å². The molecule has 1 aromatic heterocycles. The number of nitrogens with zero attached hydrogens (tertiary/aromatic N) is 3. The molecule has 1 heterocycles. The van der Waals surface area contributed by atoms with Crippen molar-refractivity contribution in [2.45, 2.75) is 45.6 Å². The molecule has 0 spiro atoms. The Labute approximate surface area is 169 Å². The predicted molar refractivity (Wildman–Crippen MR) is 112 cm³/mol. The Morgan fingerprint density at radius 1 is 1.15 bits per heavy atom. The molecule has 152 valence electrons. The second-order valence-electron chi connectivity index (χ2n) is 7.00.